The zero-order chi connectivity index (χ0) is 47.2. The number of hydrogen-bond donors (Lipinski definition) is 0. The molecule has 0 heterocycles. The third kappa shape index (κ3) is 51.4. The van der Waals surface area contributed by atoms with Crippen molar-refractivity contribution in [2.75, 3.05) is 13.2 Å². The molecule has 6 nitrogen and oxygen atoms in total. The summed E-state index contributed by atoms with van der Waals surface area (Å²) in [5.74, 6) is -0.927. The van der Waals surface area contributed by atoms with Gasteiger partial charge in [-0.1, -0.05) is 228 Å². The Morgan fingerprint density at radius 3 is 0.954 bits per heavy atom. The van der Waals surface area contributed by atoms with Crippen LogP contribution in [0.1, 0.15) is 252 Å². The van der Waals surface area contributed by atoms with Crippen LogP contribution in [0.2, 0.25) is 0 Å². The van der Waals surface area contributed by atoms with Crippen molar-refractivity contribution in [2.45, 2.75) is 258 Å². The van der Waals surface area contributed by atoms with Gasteiger partial charge in [-0.15, -0.1) is 0 Å². The van der Waals surface area contributed by atoms with Gasteiger partial charge in [0.2, 0.25) is 0 Å². The number of ether oxygens (including phenoxy) is 3. The first-order valence-electron chi connectivity index (χ1n) is 27.1. The van der Waals surface area contributed by atoms with E-state index in [0.717, 1.165) is 116 Å². The zero-order valence-electron chi connectivity index (χ0n) is 42.5. The number of hydrogen-bond acceptors (Lipinski definition) is 6. The highest BCUT2D eigenvalue weighted by Crippen LogP contribution is 2.15. The SMILES string of the molecule is CC/C=C\C/C=C\C/C=C\C/C=C\C/C=C\CCCCCC(=O)OCC(COC(=O)CCCCCCCCCCCCCCCC)OC(=O)CCCCCCCCC/C=C\C/C=C\CC. The topological polar surface area (TPSA) is 78.9 Å². The smallest absolute Gasteiger partial charge is 0.306 e. The summed E-state index contributed by atoms with van der Waals surface area (Å²) in [6.07, 6.45) is 68.5. The van der Waals surface area contributed by atoms with E-state index in [1.165, 1.54) is 96.3 Å². The van der Waals surface area contributed by atoms with E-state index >= 15 is 0 Å². The maximum Gasteiger partial charge on any atom is 0.306 e. The van der Waals surface area contributed by atoms with Crippen LogP contribution in [0.5, 0.6) is 0 Å². The molecule has 0 aliphatic heterocycles. The molecule has 0 radical (unpaired) electrons. The zero-order valence-corrected chi connectivity index (χ0v) is 42.5. The molecule has 0 aliphatic carbocycles. The van der Waals surface area contributed by atoms with E-state index in [9.17, 15) is 14.4 Å². The molecule has 0 spiro atoms. The summed E-state index contributed by atoms with van der Waals surface area (Å²) in [5, 5.41) is 0. The van der Waals surface area contributed by atoms with Crippen LogP contribution in [-0.4, -0.2) is 37.2 Å². The van der Waals surface area contributed by atoms with Crippen LogP contribution in [0.25, 0.3) is 0 Å². The van der Waals surface area contributed by atoms with E-state index in [1.807, 2.05) is 0 Å². The fraction of sp³-hybridized carbons (Fsp3) is 0.712. The predicted molar refractivity (Wildman–Crippen MR) is 279 cm³/mol. The van der Waals surface area contributed by atoms with Gasteiger partial charge in [-0.2, -0.15) is 0 Å². The molecule has 1 unspecified atom stereocenters. The van der Waals surface area contributed by atoms with Crippen LogP contribution in [0.15, 0.2) is 85.1 Å². The van der Waals surface area contributed by atoms with Gasteiger partial charge in [0.05, 0.1) is 0 Å². The Hall–Kier alpha value is -3.41. The quantitative estimate of drug-likeness (QED) is 0.0262. The lowest BCUT2D eigenvalue weighted by atomic mass is 10.0. The molecule has 0 fully saturated rings. The maximum atomic E-state index is 12.8. The minimum absolute atomic E-state index is 0.0890. The Labute approximate surface area is 401 Å². The van der Waals surface area contributed by atoms with Crippen LogP contribution >= 0.6 is 0 Å². The number of unbranched alkanes of at least 4 members (excludes halogenated alkanes) is 23. The molecule has 0 aromatic rings. The molecule has 0 aromatic heterocycles. The van der Waals surface area contributed by atoms with Gasteiger partial charge < -0.3 is 14.2 Å². The molecule has 0 saturated heterocycles. The van der Waals surface area contributed by atoms with E-state index in [-0.39, 0.29) is 31.1 Å². The molecular weight excluding hydrogens is 805 g/mol. The van der Waals surface area contributed by atoms with Crippen molar-refractivity contribution in [1.29, 1.82) is 0 Å². The third-order valence-electron chi connectivity index (χ3n) is 11.4. The highest BCUT2D eigenvalue weighted by molar-refractivity contribution is 5.71. The molecule has 1 atom stereocenters. The largest absolute Gasteiger partial charge is 0.462 e. The summed E-state index contributed by atoms with van der Waals surface area (Å²) >= 11 is 0. The van der Waals surface area contributed by atoms with Gasteiger partial charge >= 0.3 is 17.9 Å². The Balaban J connectivity index is 4.44. The molecule has 0 bridgehead atoms. The summed E-state index contributed by atoms with van der Waals surface area (Å²) in [6, 6.07) is 0. The minimum Gasteiger partial charge on any atom is -0.462 e. The van der Waals surface area contributed by atoms with E-state index in [1.54, 1.807) is 0 Å². The average molecular weight is 905 g/mol. The first-order chi connectivity index (χ1) is 32.0. The van der Waals surface area contributed by atoms with Gasteiger partial charge in [-0.25, -0.2) is 0 Å². The monoisotopic (exact) mass is 905 g/mol. The first kappa shape index (κ1) is 61.6. The molecule has 65 heavy (non-hydrogen) atoms. The molecule has 0 aliphatic rings. The Kier molecular flexibility index (Phi) is 50.4. The molecule has 0 N–H and O–H groups in total. The molecule has 0 amide bonds. The highest BCUT2D eigenvalue weighted by Gasteiger charge is 2.19. The molecule has 0 aromatic carbocycles. The Bertz CT molecular complexity index is 1270. The van der Waals surface area contributed by atoms with Gasteiger partial charge in [0, 0.05) is 19.3 Å². The highest BCUT2D eigenvalue weighted by atomic mass is 16.6. The van der Waals surface area contributed by atoms with E-state index in [2.05, 4.69) is 106 Å². The summed E-state index contributed by atoms with van der Waals surface area (Å²) in [4.78, 5) is 38.1. The van der Waals surface area contributed by atoms with Crippen molar-refractivity contribution in [1.82, 2.24) is 0 Å². The molecule has 6 heteroatoms. The van der Waals surface area contributed by atoms with Crippen LogP contribution in [0.4, 0.5) is 0 Å². The van der Waals surface area contributed by atoms with Crippen molar-refractivity contribution in [3.63, 3.8) is 0 Å². The lowest BCUT2D eigenvalue weighted by Gasteiger charge is -2.18. The van der Waals surface area contributed by atoms with Gasteiger partial charge in [-0.05, 0) is 89.9 Å². The van der Waals surface area contributed by atoms with Gasteiger partial charge in [0.1, 0.15) is 13.2 Å². The maximum absolute atomic E-state index is 12.8. The van der Waals surface area contributed by atoms with Crippen molar-refractivity contribution >= 4 is 17.9 Å². The number of rotatable bonds is 48. The summed E-state index contributed by atoms with van der Waals surface area (Å²) < 4.78 is 16.8. The summed E-state index contributed by atoms with van der Waals surface area (Å²) in [7, 11) is 0. The fourth-order valence-corrected chi connectivity index (χ4v) is 7.39. The summed E-state index contributed by atoms with van der Waals surface area (Å²) in [5.41, 5.74) is 0. The number of allylic oxidation sites excluding steroid dienone is 14. The van der Waals surface area contributed by atoms with Crippen molar-refractivity contribution < 1.29 is 28.6 Å². The van der Waals surface area contributed by atoms with Crippen molar-refractivity contribution in [3.8, 4) is 0 Å². The van der Waals surface area contributed by atoms with Gasteiger partial charge in [0.25, 0.3) is 0 Å². The van der Waals surface area contributed by atoms with Crippen LogP contribution in [0, 0.1) is 0 Å². The third-order valence-corrected chi connectivity index (χ3v) is 11.4. The second-order valence-electron chi connectivity index (χ2n) is 17.7. The predicted octanol–water partition coefficient (Wildman–Crippen LogP) is 18.0. The van der Waals surface area contributed by atoms with E-state index < -0.39 is 6.10 Å². The number of esters is 3. The normalized spacial score (nSPS) is 12.7. The van der Waals surface area contributed by atoms with Crippen molar-refractivity contribution in [2.24, 2.45) is 0 Å². The van der Waals surface area contributed by atoms with E-state index in [0.29, 0.717) is 19.3 Å². The first-order valence-corrected chi connectivity index (χ1v) is 27.1. The number of carbonyl (C=O) groups excluding carboxylic acids is 3. The van der Waals surface area contributed by atoms with E-state index in [4.69, 9.17) is 14.2 Å². The number of carbonyl (C=O) groups is 3. The lowest BCUT2D eigenvalue weighted by molar-refractivity contribution is -0.167. The molecule has 372 valence electrons. The van der Waals surface area contributed by atoms with Crippen molar-refractivity contribution in [3.05, 3.63) is 85.1 Å². The lowest BCUT2D eigenvalue weighted by Crippen LogP contribution is -2.30. The van der Waals surface area contributed by atoms with Crippen LogP contribution < -0.4 is 0 Å². The fourth-order valence-electron chi connectivity index (χ4n) is 7.39. The van der Waals surface area contributed by atoms with Crippen LogP contribution in [-0.2, 0) is 28.6 Å². The van der Waals surface area contributed by atoms with Gasteiger partial charge in [0.15, 0.2) is 6.10 Å². The van der Waals surface area contributed by atoms with Crippen LogP contribution in [0.3, 0.4) is 0 Å². The Morgan fingerprint density at radius 2 is 0.600 bits per heavy atom. The van der Waals surface area contributed by atoms with Gasteiger partial charge in [-0.3, -0.25) is 14.4 Å². The second-order valence-corrected chi connectivity index (χ2v) is 17.7. The summed E-state index contributed by atoms with van der Waals surface area (Å²) in [6.45, 7) is 6.39. The second kappa shape index (κ2) is 53.2. The molecule has 0 rings (SSSR count). The molecular formula is C59H100O6. The molecule has 0 saturated carbocycles. The minimum atomic E-state index is -0.793. The standard InChI is InChI=1S/C59H100O6/c1-4-7-10-13-16-19-22-25-28-29-30-31-32-35-37-40-43-46-49-52-58(61)64-55-56(65-59(62)53-50-47-44-41-38-34-27-24-21-18-15-12-9-6-3)54-63-57(60)51-48-45-42-39-36-33-26-23-20-17-14-11-8-5-2/h7,9-10,12,16,18-19,21,25,28,30-31,35,37,56H,4-6,8,11,13-15,17,20,22-24,26-27,29,32-34,36,38-55H2,1-3H3/b10-7-,12-9-,19-16-,21-18-,28-25-,31-30-,37-35-. The average Bonchev–Trinajstić information content (AvgIpc) is 3.30. The Morgan fingerprint density at radius 1 is 0.323 bits per heavy atom.